The van der Waals surface area contributed by atoms with E-state index >= 15 is 0 Å². The van der Waals surface area contributed by atoms with Crippen LogP contribution < -0.4 is 5.73 Å². The zero-order valence-electron chi connectivity index (χ0n) is 20.9. The molecular weight excluding hydrogens is 450 g/mol. The average molecular weight is 492 g/mol. The van der Waals surface area contributed by atoms with Gasteiger partial charge in [0.1, 0.15) is 5.75 Å². The first-order valence-corrected chi connectivity index (χ1v) is 14.8. The van der Waals surface area contributed by atoms with E-state index in [2.05, 4.69) is 24.8 Å². The Labute approximate surface area is 205 Å². The molecule has 2 aliphatic rings. The first kappa shape index (κ1) is 26.7. The van der Waals surface area contributed by atoms with Crippen molar-refractivity contribution in [3.63, 3.8) is 0 Å². The number of rotatable bonds is 12. The Morgan fingerprint density at radius 3 is 2.35 bits per heavy atom. The Hall–Kier alpha value is -1.93. The van der Waals surface area contributed by atoms with Crippen LogP contribution in [0, 0.1) is 5.92 Å². The van der Waals surface area contributed by atoms with Crippen molar-refractivity contribution in [3.05, 3.63) is 35.4 Å². The van der Waals surface area contributed by atoms with Gasteiger partial charge in [-0.15, -0.1) is 0 Å². The molecular formula is C26H41N3O4S. The maximum absolute atomic E-state index is 12.7. The summed E-state index contributed by atoms with van der Waals surface area (Å²) in [5, 5.41) is 0. The lowest BCUT2D eigenvalue weighted by molar-refractivity contribution is -0.129. The van der Waals surface area contributed by atoms with Crippen molar-refractivity contribution in [2.75, 3.05) is 31.6 Å². The van der Waals surface area contributed by atoms with Crippen LogP contribution in [0.4, 0.5) is 0 Å². The predicted molar refractivity (Wildman–Crippen MR) is 135 cm³/mol. The number of sulfone groups is 1. The highest BCUT2D eigenvalue weighted by Crippen LogP contribution is 2.43. The first-order valence-electron chi connectivity index (χ1n) is 12.7. The fourth-order valence-electron chi connectivity index (χ4n) is 5.79. The third-order valence-electron chi connectivity index (χ3n) is 7.74. The number of piperidine rings is 1. The molecule has 0 spiro atoms. The Morgan fingerprint density at radius 1 is 1.15 bits per heavy atom. The first-order chi connectivity index (χ1) is 16.1. The fourth-order valence-corrected chi connectivity index (χ4v) is 6.42. The maximum atomic E-state index is 12.7. The molecule has 190 valence electrons. The second-order valence-corrected chi connectivity index (χ2v) is 12.4. The highest BCUT2D eigenvalue weighted by Gasteiger charge is 2.40. The molecule has 1 aromatic carbocycles. The van der Waals surface area contributed by atoms with Gasteiger partial charge in [0, 0.05) is 43.5 Å². The summed E-state index contributed by atoms with van der Waals surface area (Å²) >= 11 is 0. The van der Waals surface area contributed by atoms with Crippen molar-refractivity contribution < 1.29 is 18.0 Å². The summed E-state index contributed by atoms with van der Waals surface area (Å²) in [5.74, 6) is -0.230. The molecule has 0 aliphatic carbocycles. The molecule has 2 aliphatic heterocycles. The van der Waals surface area contributed by atoms with Crippen molar-refractivity contribution >= 4 is 21.7 Å². The summed E-state index contributed by atoms with van der Waals surface area (Å²) in [7, 11) is -3.34. The van der Waals surface area contributed by atoms with Crippen LogP contribution in [0.3, 0.4) is 0 Å². The molecule has 2 unspecified atom stereocenters. The SMILES string of the molecule is CCC(CC)CN(CCCN1C2CCC1CC(c1cccc(C(N)=O)c1)C2)C(=O)CS(C)(=O)=O. The quantitative estimate of drug-likeness (QED) is 0.484. The summed E-state index contributed by atoms with van der Waals surface area (Å²) in [6.07, 6.45) is 8.45. The molecule has 2 bridgehead atoms. The van der Waals surface area contributed by atoms with E-state index in [1.807, 2.05) is 12.1 Å². The molecule has 0 aromatic heterocycles. The Kier molecular flexibility index (Phi) is 9.15. The third-order valence-corrected chi connectivity index (χ3v) is 8.51. The summed E-state index contributed by atoms with van der Waals surface area (Å²) < 4.78 is 23.4. The summed E-state index contributed by atoms with van der Waals surface area (Å²) in [6.45, 7) is 6.40. The molecule has 1 aromatic rings. The smallest absolute Gasteiger partial charge is 0.248 e. The van der Waals surface area contributed by atoms with Gasteiger partial charge in [0.25, 0.3) is 0 Å². The second kappa shape index (κ2) is 11.7. The van der Waals surface area contributed by atoms with Gasteiger partial charge in [-0.3, -0.25) is 14.5 Å². The maximum Gasteiger partial charge on any atom is 0.248 e. The minimum absolute atomic E-state index is 0.273. The molecule has 2 saturated heterocycles. The number of nitrogens with zero attached hydrogens (tertiary/aromatic N) is 2. The molecule has 7 nitrogen and oxygen atoms in total. The van der Waals surface area contributed by atoms with Gasteiger partial charge in [-0.25, -0.2) is 8.42 Å². The number of nitrogens with two attached hydrogens (primary N) is 1. The summed E-state index contributed by atoms with van der Waals surface area (Å²) in [6, 6.07) is 8.78. The van der Waals surface area contributed by atoms with Gasteiger partial charge < -0.3 is 10.6 Å². The van der Waals surface area contributed by atoms with Crippen LogP contribution in [0.5, 0.6) is 0 Å². The molecule has 34 heavy (non-hydrogen) atoms. The largest absolute Gasteiger partial charge is 0.366 e. The second-order valence-electron chi connectivity index (χ2n) is 10.2. The zero-order valence-corrected chi connectivity index (χ0v) is 21.7. The van der Waals surface area contributed by atoms with Gasteiger partial charge >= 0.3 is 0 Å². The van der Waals surface area contributed by atoms with Gasteiger partial charge in [0.2, 0.25) is 11.8 Å². The van der Waals surface area contributed by atoms with Crippen molar-refractivity contribution in [2.24, 2.45) is 11.7 Å². The number of carbonyl (C=O) groups is 2. The minimum Gasteiger partial charge on any atom is -0.366 e. The van der Waals surface area contributed by atoms with E-state index in [0.717, 1.165) is 44.9 Å². The molecule has 2 amide bonds. The molecule has 3 rings (SSSR count). The van der Waals surface area contributed by atoms with E-state index in [-0.39, 0.29) is 11.8 Å². The van der Waals surface area contributed by atoms with Crippen LogP contribution in [0.1, 0.15) is 80.6 Å². The van der Waals surface area contributed by atoms with Crippen LogP contribution in [0.2, 0.25) is 0 Å². The van der Waals surface area contributed by atoms with Crippen LogP contribution in [-0.2, 0) is 14.6 Å². The third kappa shape index (κ3) is 7.04. The van der Waals surface area contributed by atoms with Crippen molar-refractivity contribution in [2.45, 2.75) is 76.8 Å². The van der Waals surface area contributed by atoms with Crippen molar-refractivity contribution in [1.29, 1.82) is 0 Å². The van der Waals surface area contributed by atoms with Crippen LogP contribution >= 0.6 is 0 Å². The lowest BCUT2D eigenvalue weighted by Gasteiger charge is -2.39. The number of fused-ring (bicyclic) bond motifs is 2. The van der Waals surface area contributed by atoms with Crippen molar-refractivity contribution in [3.8, 4) is 0 Å². The van der Waals surface area contributed by atoms with Gasteiger partial charge in [-0.1, -0.05) is 38.8 Å². The van der Waals surface area contributed by atoms with Gasteiger partial charge in [-0.2, -0.15) is 0 Å². The highest BCUT2D eigenvalue weighted by atomic mass is 32.2. The predicted octanol–water partition coefficient (Wildman–Crippen LogP) is 3.20. The van der Waals surface area contributed by atoms with E-state index in [4.69, 9.17) is 5.73 Å². The number of amides is 2. The molecule has 0 radical (unpaired) electrons. The van der Waals surface area contributed by atoms with Crippen LogP contribution in [0.25, 0.3) is 0 Å². The number of benzene rings is 1. The average Bonchev–Trinajstić information content (AvgIpc) is 3.01. The van der Waals surface area contributed by atoms with Gasteiger partial charge in [-0.05, 0) is 61.6 Å². The Bertz CT molecular complexity index is 947. The standard InChI is InChI=1S/C26H41N3O4S/c1-4-19(5-2)17-28(25(30)18-34(3,32)33)12-7-13-29-23-10-11-24(29)16-22(15-23)20-8-6-9-21(14-20)26(27)31/h6,8-9,14,19,22-24H,4-5,7,10-13,15-18H2,1-3H3,(H2,27,31). The van der Waals surface area contributed by atoms with Crippen LogP contribution in [-0.4, -0.2) is 73.8 Å². The molecule has 8 heteroatoms. The van der Waals surface area contributed by atoms with Crippen molar-refractivity contribution in [1.82, 2.24) is 9.80 Å². The molecule has 2 fully saturated rings. The summed E-state index contributed by atoms with van der Waals surface area (Å²) in [4.78, 5) is 28.7. The normalized spacial score (nSPS) is 22.8. The molecule has 2 atom stereocenters. The lowest BCUT2D eigenvalue weighted by atomic mass is 9.84. The van der Waals surface area contributed by atoms with Gasteiger partial charge in [0.05, 0.1) is 0 Å². The number of hydrogen-bond acceptors (Lipinski definition) is 5. The van der Waals surface area contributed by atoms with Gasteiger partial charge in [0.15, 0.2) is 9.84 Å². The zero-order chi connectivity index (χ0) is 24.9. The molecule has 2 N–H and O–H groups in total. The van der Waals surface area contributed by atoms with Crippen LogP contribution in [0.15, 0.2) is 24.3 Å². The summed E-state index contributed by atoms with van der Waals surface area (Å²) in [5.41, 5.74) is 7.25. The van der Waals surface area contributed by atoms with E-state index < -0.39 is 15.6 Å². The number of carbonyl (C=O) groups excluding carboxylic acids is 2. The van der Waals surface area contributed by atoms with E-state index in [9.17, 15) is 18.0 Å². The fraction of sp³-hybridized carbons (Fsp3) is 0.692. The topological polar surface area (TPSA) is 101 Å². The minimum atomic E-state index is -3.34. The highest BCUT2D eigenvalue weighted by molar-refractivity contribution is 7.91. The monoisotopic (exact) mass is 491 g/mol. The number of primary amides is 1. The lowest BCUT2D eigenvalue weighted by Crippen LogP contribution is -2.44. The van der Waals surface area contributed by atoms with E-state index in [1.54, 1.807) is 11.0 Å². The Balaban J connectivity index is 1.59. The Morgan fingerprint density at radius 2 is 1.79 bits per heavy atom. The number of hydrogen-bond donors (Lipinski definition) is 1. The van der Waals surface area contributed by atoms with E-state index in [1.165, 1.54) is 18.4 Å². The molecule has 2 heterocycles. The molecule has 0 saturated carbocycles. The van der Waals surface area contributed by atoms with E-state index in [0.29, 0.717) is 42.6 Å².